The molecule has 0 unspecified atom stereocenters. The number of oxime groups is 1. The molecule has 1 N–H and O–H groups in total. The van der Waals surface area contributed by atoms with Crippen LogP contribution in [0.5, 0.6) is 0 Å². The Hall–Kier alpha value is -1.32. The zero-order valence-electron chi connectivity index (χ0n) is 6.65. The minimum atomic E-state index is 0.587. The monoisotopic (exact) mass is 153 g/mol. The molecule has 0 amide bonds. The van der Waals surface area contributed by atoms with Crippen LogP contribution in [0.15, 0.2) is 17.4 Å². The molecule has 0 saturated heterocycles. The topological polar surface area (TPSA) is 50.4 Å². The van der Waals surface area contributed by atoms with Gasteiger partial charge in [-0.05, 0) is 19.9 Å². The fourth-order valence-electron chi connectivity index (χ4n) is 0.943. The first-order valence-corrected chi connectivity index (χ1v) is 3.50. The fraction of sp³-hybridized carbons (Fsp3) is 0.429. The Balaban J connectivity index is 3.02. The second kappa shape index (κ2) is 3.18. The predicted molar refractivity (Wildman–Crippen MR) is 41.9 cm³/mol. The molecule has 0 atom stereocenters. The molecule has 0 fully saturated rings. The Bertz CT molecular complexity index is 264. The smallest absolute Gasteiger partial charge is 0.102 e. The van der Waals surface area contributed by atoms with E-state index in [0.29, 0.717) is 5.71 Å². The summed E-state index contributed by atoms with van der Waals surface area (Å²) in [5.74, 6) is 0. The summed E-state index contributed by atoms with van der Waals surface area (Å²) in [4.78, 5) is 0. The minimum Gasteiger partial charge on any atom is -0.411 e. The Morgan fingerprint density at radius 2 is 2.55 bits per heavy atom. The van der Waals surface area contributed by atoms with Crippen molar-refractivity contribution in [1.29, 1.82) is 0 Å². The van der Waals surface area contributed by atoms with Gasteiger partial charge in [0.25, 0.3) is 0 Å². The van der Waals surface area contributed by atoms with Crippen LogP contribution in [0.1, 0.15) is 19.5 Å². The second-order valence-electron chi connectivity index (χ2n) is 2.22. The number of nitrogens with zero attached hydrogens (tertiary/aromatic N) is 3. The van der Waals surface area contributed by atoms with Crippen molar-refractivity contribution < 1.29 is 5.21 Å². The van der Waals surface area contributed by atoms with Crippen molar-refractivity contribution in [2.45, 2.75) is 20.4 Å². The SMILES string of the molecule is CCn1nccc1C(C)=NO. The molecule has 0 saturated carbocycles. The van der Waals surface area contributed by atoms with E-state index in [0.717, 1.165) is 12.2 Å². The average molecular weight is 153 g/mol. The molecule has 0 radical (unpaired) electrons. The summed E-state index contributed by atoms with van der Waals surface area (Å²) >= 11 is 0. The first-order chi connectivity index (χ1) is 5.29. The molecule has 0 aliphatic rings. The van der Waals surface area contributed by atoms with E-state index in [4.69, 9.17) is 5.21 Å². The third-order valence-electron chi connectivity index (χ3n) is 1.54. The number of hydrogen-bond acceptors (Lipinski definition) is 3. The maximum Gasteiger partial charge on any atom is 0.102 e. The Morgan fingerprint density at radius 3 is 3.09 bits per heavy atom. The highest BCUT2D eigenvalue weighted by atomic mass is 16.4. The molecular weight excluding hydrogens is 142 g/mol. The van der Waals surface area contributed by atoms with Crippen molar-refractivity contribution in [1.82, 2.24) is 9.78 Å². The molecule has 60 valence electrons. The Kier molecular flexibility index (Phi) is 2.25. The van der Waals surface area contributed by atoms with Gasteiger partial charge in [-0.3, -0.25) is 4.68 Å². The lowest BCUT2D eigenvalue weighted by Gasteiger charge is -2.00. The lowest BCUT2D eigenvalue weighted by molar-refractivity contribution is 0.318. The summed E-state index contributed by atoms with van der Waals surface area (Å²) in [6.07, 6.45) is 1.69. The van der Waals surface area contributed by atoms with E-state index < -0.39 is 0 Å². The maximum absolute atomic E-state index is 8.47. The molecule has 0 aliphatic heterocycles. The molecule has 4 heteroatoms. The van der Waals surface area contributed by atoms with Crippen LogP contribution in [0, 0.1) is 0 Å². The van der Waals surface area contributed by atoms with Crippen molar-refractivity contribution in [3.63, 3.8) is 0 Å². The van der Waals surface area contributed by atoms with Crippen LogP contribution >= 0.6 is 0 Å². The fourth-order valence-corrected chi connectivity index (χ4v) is 0.943. The van der Waals surface area contributed by atoms with E-state index in [1.807, 2.05) is 13.0 Å². The highest BCUT2D eigenvalue weighted by molar-refractivity contribution is 5.96. The first kappa shape index (κ1) is 7.78. The molecule has 0 aliphatic carbocycles. The van der Waals surface area contributed by atoms with Gasteiger partial charge in [0, 0.05) is 12.7 Å². The highest BCUT2D eigenvalue weighted by Crippen LogP contribution is 1.99. The highest BCUT2D eigenvalue weighted by Gasteiger charge is 2.02. The van der Waals surface area contributed by atoms with E-state index >= 15 is 0 Å². The normalized spacial score (nSPS) is 12.0. The summed E-state index contributed by atoms with van der Waals surface area (Å²) in [6, 6.07) is 1.82. The van der Waals surface area contributed by atoms with Crippen molar-refractivity contribution in [3.05, 3.63) is 18.0 Å². The maximum atomic E-state index is 8.47. The van der Waals surface area contributed by atoms with E-state index in [1.54, 1.807) is 17.8 Å². The number of aryl methyl sites for hydroxylation is 1. The largest absolute Gasteiger partial charge is 0.411 e. The first-order valence-electron chi connectivity index (χ1n) is 3.50. The number of rotatable bonds is 2. The summed E-state index contributed by atoms with van der Waals surface area (Å²) in [5, 5.41) is 15.6. The van der Waals surface area contributed by atoms with Gasteiger partial charge in [0.1, 0.15) is 5.71 Å². The van der Waals surface area contributed by atoms with Crippen LogP contribution in [-0.2, 0) is 6.54 Å². The van der Waals surface area contributed by atoms with Crippen LogP contribution in [-0.4, -0.2) is 20.7 Å². The predicted octanol–water partition coefficient (Wildman–Crippen LogP) is 1.10. The molecule has 11 heavy (non-hydrogen) atoms. The average Bonchev–Trinajstić information content (AvgIpc) is 2.50. The van der Waals surface area contributed by atoms with Gasteiger partial charge in [-0.25, -0.2) is 0 Å². The van der Waals surface area contributed by atoms with Gasteiger partial charge in [-0.15, -0.1) is 0 Å². The minimum absolute atomic E-state index is 0.587. The molecular formula is C7H11N3O. The van der Waals surface area contributed by atoms with Crippen molar-refractivity contribution in [2.75, 3.05) is 0 Å². The molecule has 4 nitrogen and oxygen atoms in total. The molecule has 1 heterocycles. The van der Waals surface area contributed by atoms with Crippen molar-refractivity contribution in [3.8, 4) is 0 Å². The number of hydrogen-bond donors (Lipinski definition) is 1. The zero-order chi connectivity index (χ0) is 8.27. The van der Waals surface area contributed by atoms with Gasteiger partial charge in [0.2, 0.25) is 0 Å². The van der Waals surface area contributed by atoms with Crippen LogP contribution in [0.3, 0.4) is 0 Å². The van der Waals surface area contributed by atoms with E-state index in [2.05, 4.69) is 10.3 Å². The van der Waals surface area contributed by atoms with Gasteiger partial charge in [0.05, 0.1) is 5.69 Å². The van der Waals surface area contributed by atoms with E-state index in [9.17, 15) is 0 Å². The van der Waals surface area contributed by atoms with Crippen LogP contribution in [0.2, 0.25) is 0 Å². The van der Waals surface area contributed by atoms with Crippen LogP contribution in [0.25, 0.3) is 0 Å². The van der Waals surface area contributed by atoms with Gasteiger partial charge < -0.3 is 5.21 Å². The lowest BCUT2D eigenvalue weighted by Crippen LogP contribution is -2.07. The van der Waals surface area contributed by atoms with Crippen LogP contribution < -0.4 is 0 Å². The molecule has 1 rings (SSSR count). The summed E-state index contributed by atoms with van der Waals surface area (Å²) in [7, 11) is 0. The summed E-state index contributed by atoms with van der Waals surface area (Å²) in [6.45, 7) is 4.51. The molecule has 1 aromatic rings. The van der Waals surface area contributed by atoms with Crippen molar-refractivity contribution >= 4 is 5.71 Å². The lowest BCUT2D eigenvalue weighted by atomic mass is 10.3. The van der Waals surface area contributed by atoms with Gasteiger partial charge in [-0.2, -0.15) is 5.10 Å². The van der Waals surface area contributed by atoms with Gasteiger partial charge in [0.15, 0.2) is 0 Å². The molecule has 0 bridgehead atoms. The van der Waals surface area contributed by atoms with Crippen LogP contribution in [0.4, 0.5) is 0 Å². The Morgan fingerprint density at radius 1 is 1.82 bits per heavy atom. The third-order valence-corrected chi connectivity index (χ3v) is 1.54. The summed E-state index contributed by atoms with van der Waals surface area (Å²) < 4.78 is 1.77. The summed E-state index contributed by atoms with van der Waals surface area (Å²) in [5.41, 5.74) is 1.44. The van der Waals surface area contributed by atoms with Crippen molar-refractivity contribution in [2.24, 2.45) is 5.16 Å². The standard InChI is InChI=1S/C7H11N3O/c1-3-10-7(4-5-8-10)6(2)9-11/h4-5,11H,3H2,1-2H3. The van der Waals surface area contributed by atoms with E-state index in [1.165, 1.54) is 0 Å². The second-order valence-corrected chi connectivity index (χ2v) is 2.22. The molecule has 0 spiro atoms. The molecule has 0 aromatic carbocycles. The third kappa shape index (κ3) is 1.39. The van der Waals surface area contributed by atoms with Gasteiger partial charge >= 0.3 is 0 Å². The van der Waals surface area contributed by atoms with Gasteiger partial charge in [-0.1, -0.05) is 5.16 Å². The van der Waals surface area contributed by atoms with E-state index in [-0.39, 0.29) is 0 Å². The molecule has 1 aromatic heterocycles. The number of aromatic nitrogens is 2. The Labute approximate surface area is 65.1 Å². The zero-order valence-corrected chi connectivity index (χ0v) is 6.65. The quantitative estimate of drug-likeness (QED) is 0.393.